The number of hydrogen-bond acceptors (Lipinski definition) is 4. The molecule has 9 heteroatoms. The molecule has 1 fully saturated rings. The highest BCUT2D eigenvalue weighted by molar-refractivity contribution is 7.89. The zero-order chi connectivity index (χ0) is 20.3. The number of carbonyl (C=O) groups is 1. The van der Waals surface area contributed by atoms with E-state index in [-0.39, 0.29) is 10.5 Å². The van der Waals surface area contributed by atoms with Crippen LogP contribution in [0.5, 0.6) is 0 Å². The zero-order valence-corrected chi connectivity index (χ0v) is 17.5. The van der Waals surface area contributed by atoms with Gasteiger partial charge in [-0.05, 0) is 50.1 Å². The monoisotopic (exact) mass is 439 g/mol. The summed E-state index contributed by atoms with van der Waals surface area (Å²) in [6.45, 7) is 2.71. The van der Waals surface area contributed by atoms with E-state index in [1.54, 1.807) is 37.3 Å². The third kappa shape index (κ3) is 4.55. The highest BCUT2D eigenvalue weighted by Gasteiger charge is 2.27. The van der Waals surface area contributed by atoms with E-state index in [2.05, 4.69) is 10.5 Å². The van der Waals surface area contributed by atoms with Gasteiger partial charge in [-0.25, -0.2) is 13.8 Å². The molecule has 1 saturated heterocycles. The van der Waals surface area contributed by atoms with Crippen LogP contribution in [0.1, 0.15) is 35.7 Å². The van der Waals surface area contributed by atoms with Gasteiger partial charge in [0.1, 0.15) is 0 Å². The summed E-state index contributed by atoms with van der Waals surface area (Å²) in [5.74, 6) is -0.511. The van der Waals surface area contributed by atoms with Gasteiger partial charge in [0.25, 0.3) is 5.91 Å². The van der Waals surface area contributed by atoms with Gasteiger partial charge in [-0.15, -0.1) is 0 Å². The Morgan fingerprint density at radius 3 is 2.50 bits per heavy atom. The first-order valence-corrected chi connectivity index (χ1v) is 10.9. The fourth-order valence-corrected chi connectivity index (χ4v) is 5.03. The van der Waals surface area contributed by atoms with E-state index >= 15 is 0 Å². The Kier molecular flexibility index (Phi) is 6.40. The molecule has 0 saturated carbocycles. The van der Waals surface area contributed by atoms with Crippen molar-refractivity contribution in [1.82, 2.24) is 9.73 Å². The quantitative estimate of drug-likeness (QED) is 0.565. The van der Waals surface area contributed by atoms with Crippen molar-refractivity contribution < 1.29 is 13.2 Å². The van der Waals surface area contributed by atoms with Crippen LogP contribution < -0.4 is 5.43 Å². The van der Waals surface area contributed by atoms with E-state index in [0.717, 1.165) is 12.8 Å². The average molecular weight is 440 g/mol. The Hall–Kier alpha value is -1.93. The number of nitrogens with zero attached hydrogens (tertiary/aromatic N) is 2. The standard InChI is InChI=1S/C19H19Cl2N3O3S/c1-13(17-8-7-15(20)12-18(17)21)22-23-19(25)14-5-4-6-16(11-14)28(26,27)24-9-2-3-10-24/h4-8,11-12H,2-3,9-10H2,1H3,(H,23,25)/b22-13+. The molecule has 0 bridgehead atoms. The smallest absolute Gasteiger partial charge is 0.267 e. The van der Waals surface area contributed by atoms with Crippen molar-refractivity contribution in [2.75, 3.05) is 13.1 Å². The van der Waals surface area contributed by atoms with E-state index < -0.39 is 15.9 Å². The maximum atomic E-state index is 12.7. The maximum absolute atomic E-state index is 12.7. The van der Waals surface area contributed by atoms with Gasteiger partial charge in [0.15, 0.2) is 0 Å². The summed E-state index contributed by atoms with van der Waals surface area (Å²) < 4.78 is 26.8. The number of halogens is 2. The molecule has 0 atom stereocenters. The minimum Gasteiger partial charge on any atom is -0.267 e. The van der Waals surface area contributed by atoms with E-state index in [0.29, 0.717) is 34.4 Å². The maximum Gasteiger partial charge on any atom is 0.271 e. The summed E-state index contributed by atoms with van der Waals surface area (Å²) in [7, 11) is -3.59. The Morgan fingerprint density at radius 1 is 1.11 bits per heavy atom. The first-order valence-electron chi connectivity index (χ1n) is 8.69. The third-order valence-corrected chi connectivity index (χ3v) is 6.89. The number of carbonyl (C=O) groups excluding carboxylic acids is 1. The normalized spacial score (nSPS) is 15.6. The number of hydrogen-bond donors (Lipinski definition) is 1. The number of hydrazone groups is 1. The summed E-state index contributed by atoms with van der Waals surface area (Å²) in [6, 6.07) is 10.9. The lowest BCUT2D eigenvalue weighted by Gasteiger charge is -2.15. The van der Waals surface area contributed by atoms with Crippen LogP contribution in [0.15, 0.2) is 52.5 Å². The lowest BCUT2D eigenvalue weighted by molar-refractivity contribution is 0.0954. The SMILES string of the molecule is C/C(=N\NC(=O)c1cccc(S(=O)(=O)N2CCCC2)c1)c1ccc(Cl)cc1Cl. The summed E-state index contributed by atoms with van der Waals surface area (Å²) in [4.78, 5) is 12.5. The Labute approximate surface area is 174 Å². The van der Waals surface area contributed by atoms with E-state index in [9.17, 15) is 13.2 Å². The fraction of sp³-hybridized carbons (Fsp3) is 0.263. The van der Waals surface area contributed by atoms with E-state index in [1.165, 1.54) is 16.4 Å². The molecule has 0 radical (unpaired) electrons. The van der Waals surface area contributed by atoms with Crippen LogP contribution in [-0.4, -0.2) is 37.4 Å². The van der Waals surface area contributed by atoms with E-state index in [4.69, 9.17) is 23.2 Å². The number of sulfonamides is 1. The van der Waals surface area contributed by atoms with Crippen LogP contribution in [0.3, 0.4) is 0 Å². The molecule has 28 heavy (non-hydrogen) atoms. The molecule has 1 aliphatic rings. The molecule has 1 amide bonds. The van der Waals surface area contributed by atoms with Crippen molar-refractivity contribution in [1.29, 1.82) is 0 Å². The minimum atomic E-state index is -3.59. The van der Waals surface area contributed by atoms with Crippen molar-refractivity contribution in [3.63, 3.8) is 0 Å². The summed E-state index contributed by atoms with van der Waals surface area (Å²) >= 11 is 12.0. The second-order valence-corrected chi connectivity index (χ2v) is 9.18. The molecule has 2 aromatic rings. The van der Waals surface area contributed by atoms with Crippen molar-refractivity contribution in [3.05, 3.63) is 63.6 Å². The number of nitrogens with one attached hydrogen (secondary N) is 1. The number of rotatable bonds is 5. The molecule has 3 rings (SSSR count). The molecule has 0 aliphatic carbocycles. The van der Waals surface area contributed by atoms with Gasteiger partial charge in [0, 0.05) is 29.2 Å². The van der Waals surface area contributed by atoms with Gasteiger partial charge < -0.3 is 0 Å². The molecule has 0 spiro atoms. The van der Waals surface area contributed by atoms with Crippen molar-refractivity contribution >= 4 is 44.8 Å². The zero-order valence-electron chi connectivity index (χ0n) is 15.2. The van der Waals surface area contributed by atoms with Crippen LogP contribution in [0.2, 0.25) is 10.0 Å². The molecule has 0 unspecified atom stereocenters. The third-order valence-electron chi connectivity index (χ3n) is 4.45. The molecule has 2 aromatic carbocycles. The second-order valence-electron chi connectivity index (χ2n) is 6.40. The topological polar surface area (TPSA) is 78.8 Å². The van der Waals surface area contributed by atoms with Gasteiger partial charge in [-0.3, -0.25) is 4.79 Å². The lowest BCUT2D eigenvalue weighted by Crippen LogP contribution is -2.28. The van der Waals surface area contributed by atoms with Gasteiger partial charge in [0.05, 0.1) is 15.6 Å². The van der Waals surface area contributed by atoms with Crippen molar-refractivity contribution in [2.24, 2.45) is 5.10 Å². The van der Waals surface area contributed by atoms with Crippen LogP contribution in [0.4, 0.5) is 0 Å². The first kappa shape index (κ1) is 20.8. The molecule has 1 aliphatic heterocycles. The fourth-order valence-electron chi connectivity index (χ4n) is 2.92. The molecule has 6 nitrogen and oxygen atoms in total. The van der Waals surface area contributed by atoms with Crippen molar-refractivity contribution in [2.45, 2.75) is 24.7 Å². The predicted molar refractivity (Wildman–Crippen MR) is 111 cm³/mol. The lowest BCUT2D eigenvalue weighted by atomic mass is 10.1. The van der Waals surface area contributed by atoms with Crippen LogP contribution in [-0.2, 0) is 10.0 Å². The molecule has 0 aromatic heterocycles. The highest BCUT2D eigenvalue weighted by atomic mass is 35.5. The Balaban J connectivity index is 1.78. The summed E-state index contributed by atoms with van der Waals surface area (Å²) in [6.07, 6.45) is 1.70. The van der Waals surface area contributed by atoms with Gasteiger partial charge in [-0.2, -0.15) is 9.41 Å². The largest absolute Gasteiger partial charge is 0.271 e. The summed E-state index contributed by atoms with van der Waals surface area (Å²) in [5.41, 5.74) is 3.78. The molecule has 1 heterocycles. The number of benzene rings is 2. The predicted octanol–water partition coefficient (Wildman–Crippen LogP) is 3.93. The number of amides is 1. The van der Waals surface area contributed by atoms with Crippen LogP contribution in [0, 0.1) is 0 Å². The van der Waals surface area contributed by atoms with Crippen molar-refractivity contribution in [3.8, 4) is 0 Å². The second kappa shape index (κ2) is 8.61. The van der Waals surface area contributed by atoms with Crippen LogP contribution in [0.25, 0.3) is 0 Å². The average Bonchev–Trinajstić information content (AvgIpc) is 3.21. The molecular weight excluding hydrogens is 421 g/mol. The Bertz CT molecular complexity index is 1030. The summed E-state index contributed by atoms with van der Waals surface area (Å²) in [5, 5.41) is 4.98. The van der Waals surface area contributed by atoms with Gasteiger partial charge in [0.2, 0.25) is 10.0 Å². The highest BCUT2D eigenvalue weighted by Crippen LogP contribution is 2.22. The molecule has 148 valence electrons. The molecular formula is C19H19Cl2N3O3S. The minimum absolute atomic E-state index is 0.100. The van der Waals surface area contributed by atoms with E-state index in [1.807, 2.05) is 0 Å². The molecule has 1 N–H and O–H groups in total. The Morgan fingerprint density at radius 2 is 1.82 bits per heavy atom. The van der Waals surface area contributed by atoms with Gasteiger partial charge >= 0.3 is 0 Å². The van der Waals surface area contributed by atoms with Crippen LogP contribution >= 0.6 is 23.2 Å². The first-order chi connectivity index (χ1) is 13.3. The van der Waals surface area contributed by atoms with Gasteiger partial charge in [-0.1, -0.05) is 35.3 Å².